The number of nitrogens with one attached hydrogen (secondary N) is 1. The van der Waals surface area contributed by atoms with Crippen molar-refractivity contribution < 1.29 is 5.11 Å². The quantitative estimate of drug-likeness (QED) is 0.733. The molecule has 0 unspecified atom stereocenters. The molecule has 0 fully saturated rings. The molecule has 0 spiro atoms. The summed E-state index contributed by atoms with van der Waals surface area (Å²) in [5, 5.41) is 20.9. The first-order chi connectivity index (χ1) is 8.27. The number of aromatic nitrogens is 1. The maximum absolute atomic E-state index is 8.76. The van der Waals surface area contributed by atoms with Crippen molar-refractivity contribution in [2.75, 3.05) is 18.5 Å². The second-order valence-electron chi connectivity index (χ2n) is 3.70. The van der Waals surface area contributed by atoms with Crippen molar-refractivity contribution in [3.05, 3.63) is 22.8 Å². The van der Waals surface area contributed by atoms with Gasteiger partial charge in [0.2, 0.25) is 0 Å². The van der Waals surface area contributed by atoms with Crippen LogP contribution in [0.15, 0.2) is 12.1 Å². The Hall–Kier alpha value is -1.31. The van der Waals surface area contributed by atoms with Crippen LogP contribution in [0.1, 0.15) is 31.4 Å². The summed E-state index contributed by atoms with van der Waals surface area (Å²) in [7, 11) is 0. The van der Waals surface area contributed by atoms with Crippen LogP contribution in [0, 0.1) is 11.3 Å². The Morgan fingerprint density at radius 2 is 2.06 bits per heavy atom. The summed E-state index contributed by atoms with van der Waals surface area (Å²) in [6.45, 7) is 1.07. The molecule has 1 rings (SSSR count). The fraction of sp³-hybridized carbons (Fsp3) is 0.500. The van der Waals surface area contributed by atoms with Gasteiger partial charge < -0.3 is 10.4 Å². The highest BCUT2D eigenvalue weighted by Crippen LogP contribution is 2.15. The monoisotopic (exact) mass is 253 g/mol. The number of unbranched alkanes of at least 4 members (excludes halogenated alkanes) is 3. The molecule has 0 aliphatic carbocycles. The van der Waals surface area contributed by atoms with Crippen LogP contribution in [0.25, 0.3) is 0 Å². The number of hydrogen-bond acceptors (Lipinski definition) is 4. The summed E-state index contributed by atoms with van der Waals surface area (Å²) in [5.74, 6) is 0.674. The first-order valence-electron chi connectivity index (χ1n) is 5.69. The first kappa shape index (κ1) is 13.8. The number of aliphatic hydroxyl groups excluding tert-OH is 1. The van der Waals surface area contributed by atoms with Crippen molar-refractivity contribution in [3.8, 4) is 6.07 Å². The van der Waals surface area contributed by atoms with Crippen molar-refractivity contribution in [2.45, 2.75) is 25.7 Å². The molecule has 4 nitrogen and oxygen atoms in total. The lowest BCUT2D eigenvalue weighted by Gasteiger charge is -2.05. The van der Waals surface area contributed by atoms with Crippen molar-refractivity contribution in [3.63, 3.8) is 0 Å². The third kappa shape index (κ3) is 5.03. The zero-order chi connectivity index (χ0) is 12.5. The van der Waals surface area contributed by atoms with Crippen LogP contribution in [0.4, 0.5) is 5.82 Å². The van der Waals surface area contributed by atoms with E-state index in [1.807, 2.05) is 6.07 Å². The van der Waals surface area contributed by atoms with Gasteiger partial charge in [-0.3, -0.25) is 0 Å². The topological polar surface area (TPSA) is 68.9 Å². The van der Waals surface area contributed by atoms with Gasteiger partial charge in [-0.1, -0.05) is 24.4 Å². The van der Waals surface area contributed by atoms with E-state index in [1.54, 1.807) is 12.1 Å². The van der Waals surface area contributed by atoms with Crippen molar-refractivity contribution >= 4 is 17.4 Å². The Balaban J connectivity index is 2.30. The molecule has 1 aromatic heterocycles. The number of nitriles is 1. The SMILES string of the molecule is N#Cc1nc(NCCCCCCO)ccc1Cl. The fourth-order valence-electron chi connectivity index (χ4n) is 1.43. The summed E-state index contributed by atoms with van der Waals surface area (Å²) in [6.07, 6.45) is 3.99. The van der Waals surface area contributed by atoms with E-state index in [4.69, 9.17) is 22.0 Å². The van der Waals surface area contributed by atoms with E-state index in [-0.39, 0.29) is 12.3 Å². The molecule has 0 saturated heterocycles. The van der Waals surface area contributed by atoms with Crippen LogP contribution in [-0.4, -0.2) is 23.2 Å². The predicted molar refractivity (Wildman–Crippen MR) is 68.0 cm³/mol. The van der Waals surface area contributed by atoms with Crippen LogP contribution in [0.2, 0.25) is 5.02 Å². The molecular weight excluding hydrogens is 238 g/mol. The molecule has 0 bridgehead atoms. The molecule has 0 atom stereocenters. The molecule has 0 aliphatic rings. The minimum absolute atomic E-state index is 0.247. The van der Waals surface area contributed by atoms with E-state index in [1.165, 1.54) is 0 Å². The summed E-state index contributed by atoms with van der Waals surface area (Å²) in [5.41, 5.74) is 0.247. The van der Waals surface area contributed by atoms with Gasteiger partial charge in [0, 0.05) is 13.2 Å². The van der Waals surface area contributed by atoms with Crippen LogP contribution < -0.4 is 5.32 Å². The molecule has 92 valence electrons. The number of aliphatic hydroxyl groups is 1. The molecule has 1 heterocycles. The molecule has 1 aromatic rings. The molecular formula is C12H16ClN3O. The molecule has 5 heteroatoms. The number of hydrogen-bond donors (Lipinski definition) is 2. The van der Waals surface area contributed by atoms with Gasteiger partial charge in [0.25, 0.3) is 0 Å². The fourth-order valence-corrected chi connectivity index (χ4v) is 1.57. The average Bonchev–Trinajstić information content (AvgIpc) is 2.35. The highest BCUT2D eigenvalue weighted by atomic mass is 35.5. The van der Waals surface area contributed by atoms with E-state index in [2.05, 4.69) is 10.3 Å². The minimum Gasteiger partial charge on any atom is -0.396 e. The van der Waals surface area contributed by atoms with Gasteiger partial charge in [-0.05, 0) is 25.0 Å². The summed E-state index contributed by atoms with van der Waals surface area (Å²) in [4.78, 5) is 4.08. The van der Waals surface area contributed by atoms with Gasteiger partial charge in [-0.25, -0.2) is 4.98 Å². The molecule has 2 N–H and O–H groups in total. The van der Waals surface area contributed by atoms with Crippen molar-refractivity contribution in [1.82, 2.24) is 4.98 Å². The second kappa shape index (κ2) is 7.88. The van der Waals surface area contributed by atoms with Crippen LogP contribution >= 0.6 is 11.6 Å². The van der Waals surface area contributed by atoms with E-state index in [9.17, 15) is 0 Å². The van der Waals surface area contributed by atoms with Gasteiger partial charge in [0.1, 0.15) is 11.9 Å². The van der Waals surface area contributed by atoms with E-state index >= 15 is 0 Å². The van der Waals surface area contributed by atoms with E-state index < -0.39 is 0 Å². The van der Waals surface area contributed by atoms with Crippen LogP contribution in [0.3, 0.4) is 0 Å². The summed E-state index contributed by atoms with van der Waals surface area (Å²) < 4.78 is 0. The highest BCUT2D eigenvalue weighted by molar-refractivity contribution is 6.31. The Bertz CT molecular complexity index is 390. The second-order valence-corrected chi connectivity index (χ2v) is 4.11. The van der Waals surface area contributed by atoms with E-state index in [0.717, 1.165) is 32.2 Å². The minimum atomic E-state index is 0.247. The Morgan fingerprint density at radius 1 is 1.29 bits per heavy atom. The normalized spacial score (nSPS) is 9.94. The van der Waals surface area contributed by atoms with Gasteiger partial charge in [0.05, 0.1) is 5.02 Å². The maximum Gasteiger partial charge on any atom is 0.161 e. The smallest absolute Gasteiger partial charge is 0.161 e. The van der Waals surface area contributed by atoms with Crippen LogP contribution in [0.5, 0.6) is 0 Å². The maximum atomic E-state index is 8.76. The molecule has 0 aliphatic heterocycles. The van der Waals surface area contributed by atoms with E-state index in [0.29, 0.717) is 10.8 Å². The Kier molecular flexibility index (Phi) is 6.38. The molecule has 0 saturated carbocycles. The summed E-state index contributed by atoms with van der Waals surface area (Å²) >= 11 is 5.78. The average molecular weight is 254 g/mol. The number of rotatable bonds is 7. The van der Waals surface area contributed by atoms with Gasteiger partial charge >= 0.3 is 0 Å². The van der Waals surface area contributed by atoms with Gasteiger partial charge in [-0.2, -0.15) is 5.26 Å². The Labute approximate surface area is 106 Å². The number of halogens is 1. The van der Waals surface area contributed by atoms with Crippen molar-refractivity contribution in [1.29, 1.82) is 5.26 Å². The number of pyridine rings is 1. The third-order valence-electron chi connectivity index (χ3n) is 2.34. The van der Waals surface area contributed by atoms with Gasteiger partial charge in [-0.15, -0.1) is 0 Å². The lowest BCUT2D eigenvalue weighted by molar-refractivity contribution is 0.283. The van der Waals surface area contributed by atoms with Crippen molar-refractivity contribution in [2.24, 2.45) is 0 Å². The number of nitrogens with zero attached hydrogens (tertiary/aromatic N) is 2. The first-order valence-corrected chi connectivity index (χ1v) is 6.07. The zero-order valence-corrected chi connectivity index (χ0v) is 10.4. The lowest BCUT2D eigenvalue weighted by Crippen LogP contribution is -2.04. The zero-order valence-electron chi connectivity index (χ0n) is 9.62. The Morgan fingerprint density at radius 3 is 2.76 bits per heavy atom. The molecule has 0 amide bonds. The molecule has 0 aromatic carbocycles. The highest BCUT2D eigenvalue weighted by Gasteiger charge is 2.02. The number of anilines is 1. The largest absolute Gasteiger partial charge is 0.396 e. The third-order valence-corrected chi connectivity index (χ3v) is 2.65. The molecule has 0 radical (unpaired) electrons. The van der Waals surface area contributed by atoms with Gasteiger partial charge in [0.15, 0.2) is 5.69 Å². The van der Waals surface area contributed by atoms with Crippen LogP contribution in [-0.2, 0) is 0 Å². The summed E-state index contributed by atoms with van der Waals surface area (Å²) in [6, 6.07) is 5.37. The molecule has 17 heavy (non-hydrogen) atoms. The lowest BCUT2D eigenvalue weighted by atomic mass is 10.2. The predicted octanol–water partition coefficient (Wildman–Crippen LogP) is 2.57. The standard InChI is InChI=1S/C12H16ClN3O/c13-10-5-6-12(16-11(10)9-14)15-7-3-1-2-4-8-17/h5-6,17H,1-4,7-8H2,(H,15,16).